The van der Waals surface area contributed by atoms with E-state index in [-0.39, 0.29) is 5.54 Å². The van der Waals surface area contributed by atoms with Gasteiger partial charge in [0.1, 0.15) is 5.54 Å². The molecular formula is C13H25N3. The average Bonchev–Trinajstić information content (AvgIpc) is 2.58. The fourth-order valence-corrected chi connectivity index (χ4v) is 2.32. The van der Waals surface area contributed by atoms with Crippen LogP contribution in [-0.2, 0) is 0 Å². The fourth-order valence-electron chi connectivity index (χ4n) is 2.32. The van der Waals surface area contributed by atoms with E-state index in [1.54, 1.807) is 0 Å². The number of likely N-dealkylation sites (tertiary alicyclic amines) is 1. The van der Waals surface area contributed by atoms with Crippen molar-refractivity contribution in [1.82, 2.24) is 10.2 Å². The lowest BCUT2D eigenvalue weighted by Crippen LogP contribution is -2.38. The van der Waals surface area contributed by atoms with Gasteiger partial charge in [-0.05, 0) is 45.2 Å². The summed E-state index contributed by atoms with van der Waals surface area (Å²) >= 11 is 0. The summed E-state index contributed by atoms with van der Waals surface area (Å²) in [5.74, 6) is 1.65. The minimum atomic E-state index is -0.350. The third kappa shape index (κ3) is 3.47. The number of rotatable bonds is 5. The van der Waals surface area contributed by atoms with Gasteiger partial charge in [0.25, 0.3) is 0 Å². The summed E-state index contributed by atoms with van der Waals surface area (Å²) in [6.45, 7) is 10.2. The van der Waals surface area contributed by atoms with E-state index in [4.69, 9.17) is 5.26 Å². The molecule has 0 aromatic heterocycles. The monoisotopic (exact) mass is 223 g/mol. The first-order valence-electron chi connectivity index (χ1n) is 6.33. The van der Waals surface area contributed by atoms with Crippen molar-refractivity contribution in [2.45, 2.75) is 39.2 Å². The number of nitriles is 1. The molecule has 0 bridgehead atoms. The van der Waals surface area contributed by atoms with Gasteiger partial charge in [0.05, 0.1) is 6.07 Å². The molecule has 92 valence electrons. The molecule has 1 saturated heterocycles. The van der Waals surface area contributed by atoms with Gasteiger partial charge in [0, 0.05) is 13.1 Å². The van der Waals surface area contributed by atoms with Crippen LogP contribution in [0.5, 0.6) is 0 Å². The molecule has 1 aliphatic heterocycles. The molecule has 1 heterocycles. The standard InChI is InChI=1S/C13H25N3/c1-11-8-16(9-12(11)2)7-5-6-13(3,10-14)15-4/h11-12,15H,5-9H2,1-4H3. The molecular weight excluding hydrogens is 198 g/mol. The smallest absolute Gasteiger partial charge is 0.103 e. The van der Waals surface area contributed by atoms with E-state index in [9.17, 15) is 0 Å². The van der Waals surface area contributed by atoms with E-state index in [0.717, 1.165) is 31.2 Å². The van der Waals surface area contributed by atoms with Gasteiger partial charge >= 0.3 is 0 Å². The minimum Gasteiger partial charge on any atom is -0.303 e. The second-order valence-electron chi connectivity index (χ2n) is 5.51. The first-order chi connectivity index (χ1) is 7.50. The van der Waals surface area contributed by atoms with Gasteiger partial charge in [0.15, 0.2) is 0 Å². The van der Waals surface area contributed by atoms with Crippen LogP contribution in [0.25, 0.3) is 0 Å². The van der Waals surface area contributed by atoms with Gasteiger partial charge in [-0.3, -0.25) is 0 Å². The third-order valence-electron chi connectivity index (χ3n) is 4.01. The molecule has 0 saturated carbocycles. The normalized spacial score (nSPS) is 29.9. The summed E-state index contributed by atoms with van der Waals surface area (Å²) in [4.78, 5) is 2.53. The Morgan fingerprint density at radius 1 is 1.38 bits per heavy atom. The molecule has 0 spiro atoms. The Balaban J connectivity index is 2.24. The van der Waals surface area contributed by atoms with Crippen LogP contribution in [0.15, 0.2) is 0 Å². The van der Waals surface area contributed by atoms with E-state index >= 15 is 0 Å². The molecule has 16 heavy (non-hydrogen) atoms. The van der Waals surface area contributed by atoms with Crippen LogP contribution in [0.4, 0.5) is 0 Å². The lowest BCUT2D eigenvalue weighted by Gasteiger charge is -2.22. The van der Waals surface area contributed by atoms with Gasteiger partial charge in [-0.25, -0.2) is 0 Å². The summed E-state index contributed by atoms with van der Waals surface area (Å²) in [7, 11) is 1.86. The summed E-state index contributed by atoms with van der Waals surface area (Å²) in [5.41, 5.74) is -0.350. The third-order valence-corrected chi connectivity index (χ3v) is 4.01. The molecule has 3 heteroatoms. The Kier molecular flexibility index (Phi) is 4.76. The molecule has 3 nitrogen and oxygen atoms in total. The SMILES string of the molecule is CNC(C)(C#N)CCCN1CC(C)C(C)C1. The highest BCUT2D eigenvalue weighted by atomic mass is 15.1. The minimum absolute atomic E-state index is 0.350. The molecule has 1 fully saturated rings. The first-order valence-corrected chi connectivity index (χ1v) is 6.33. The van der Waals surface area contributed by atoms with Crippen molar-refractivity contribution in [2.24, 2.45) is 11.8 Å². The maximum absolute atomic E-state index is 9.04. The molecule has 3 atom stereocenters. The maximum Gasteiger partial charge on any atom is 0.103 e. The van der Waals surface area contributed by atoms with E-state index in [1.807, 2.05) is 14.0 Å². The Hall–Kier alpha value is -0.590. The summed E-state index contributed by atoms with van der Waals surface area (Å²) < 4.78 is 0. The van der Waals surface area contributed by atoms with Gasteiger partial charge in [-0.15, -0.1) is 0 Å². The Bertz CT molecular complexity index is 248. The van der Waals surface area contributed by atoms with Crippen molar-refractivity contribution in [3.05, 3.63) is 0 Å². The number of nitrogens with one attached hydrogen (secondary N) is 1. The summed E-state index contributed by atoms with van der Waals surface area (Å²) in [5, 5.41) is 12.1. The van der Waals surface area contributed by atoms with Crippen LogP contribution in [0.2, 0.25) is 0 Å². The van der Waals surface area contributed by atoms with Crippen LogP contribution in [-0.4, -0.2) is 37.1 Å². The van der Waals surface area contributed by atoms with E-state index in [2.05, 4.69) is 30.1 Å². The highest BCUT2D eigenvalue weighted by molar-refractivity contribution is 5.02. The van der Waals surface area contributed by atoms with Crippen LogP contribution in [0.1, 0.15) is 33.6 Å². The molecule has 3 unspecified atom stereocenters. The lowest BCUT2D eigenvalue weighted by atomic mass is 9.98. The number of hydrogen-bond acceptors (Lipinski definition) is 3. The lowest BCUT2D eigenvalue weighted by molar-refractivity contribution is 0.300. The molecule has 0 aliphatic carbocycles. The quantitative estimate of drug-likeness (QED) is 0.773. The van der Waals surface area contributed by atoms with Crippen LogP contribution < -0.4 is 5.32 Å². The summed E-state index contributed by atoms with van der Waals surface area (Å²) in [6, 6.07) is 2.34. The van der Waals surface area contributed by atoms with E-state index in [0.29, 0.717) is 0 Å². The van der Waals surface area contributed by atoms with E-state index in [1.165, 1.54) is 13.1 Å². The second-order valence-corrected chi connectivity index (χ2v) is 5.51. The Morgan fingerprint density at radius 3 is 2.38 bits per heavy atom. The zero-order valence-electron chi connectivity index (χ0n) is 11.1. The molecule has 1 aliphatic rings. The van der Waals surface area contributed by atoms with Crippen molar-refractivity contribution in [1.29, 1.82) is 5.26 Å². The first kappa shape index (κ1) is 13.5. The largest absolute Gasteiger partial charge is 0.303 e. The molecule has 0 aromatic rings. The number of nitrogens with zero attached hydrogens (tertiary/aromatic N) is 2. The zero-order chi connectivity index (χ0) is 12.2. The van der Waals surface area contributed by atoms with E-state index < -0.39 is 0 Å². The van der Waals surface area contributed by atoms with Gasteiger partial charge in [-0.1, -0.05) is 13.8 Å². The molecule has 0 radical (unpaired) electrons. The Morgan fingerprint density at radius 2 is 1.94 bits per heavy atom. The fraction of sp³-hybridized carbons (Fsp3) is 0.923. The van der Waals surface area contributed by atoms with Crippen molar-refractivity contribution in [3.8, 4) is 6.07 Å². The predicted octanol–water partition coefficient (Wildman–Crippen LogP) is 1.86. The molecule has 1 rings (SSSR count). The average molecular weight is 223 g/mol. The van der Waals surface area contributed by atoms with Crippen molar-refractivity contribution in [2.75, 3.05) is 26.7 Å². The zero-order valence-corrected chi connectivity index (χ0v) is 11.1. The Labute approximate surface area is 99.8 Å². The van der Waals surface area contributed by atoms with Crippen LogP contribution in [0.3, 0.4) is 0 Å². The highest BCUT2D eigenvalue weighted by Gasteiger charge is 2.26. The van der Waals surface area contributed by atoms with Crippen molar-refractivity contribution < 1.29 is 0 Å². The van der Waals surface area contributed by atoms with Gasteiger partial charge < -0.3 is 10.2 Å². The molecule has 1 N–H and O–H groups in total. The maximum atomic E-state index is 9.04. The molecule has 0 aromatic carbocycles. The topological polar surface area (TPSA) is 39.1 Å². The van der Waals surface area contributed by atoms with Crippen molar-refractivity contribution in [3.63, 3.8) is 0 Å². The molecule has 0 amide bonds. The predicted molar refractivity (Wildman–Crippen MR) is 67.1 cm³/mol. The van der Waals surface area contributed by atoms with Gasteiger partial charge in [0.2, 0.25) is 0 Å². The second kappa shape index (κ2) is 5.65. The summed E-state index contributed by atoms with van der Waals surface area (Å²) in [6.07, 6.45) is 2.03. The van der Waals surface area contributed by atoms with Crippen LogP contribution >= 0.6 is 0 Å². The van der Waals surface area contributed by atoms with Gasteiger partial charge in [-0.2, -0.15) is 5.26 Å². The number of hydrogen-bond donors (Lipinski definition) is 1. The van der Waals surface area contributed by atoms with Crippen molar-refractivity contribution >= 4 is 0 Å². The highest BCUT2D eigenvalue weighted by Crippen LogP contribution is 2.22. The van der Waals surface area contributed by atoms with Crippen LogP contribution in [0, 0.1) is 23.2 Å².